The summed E-state index contributed by atoms with van der Waals surface area (Å²) in [4.78, 5) is 0. The van der Waals surface area contributed by atoms with Gasteiger partial charge in [-0.1, -0.05) is 0 Å². The molecular formula is C11H18N2O2. The first-order valence-corrected chi connectivity index (χ1v) is 5.16. The van der Waals surface area contributed by atoms with Crippen LogP contribution in [-0.2, 0) is 16.5 Å². The zero-order valence-corrected chi connectivity index (χ0v) is 9.94. The van der Waals surface area contributed by atoms with Crippen molar-refractivity contribution < 1.29 is 9.47 Å². The molecule has 0 aromatic carbocycles. The van der Waals surface area contributed by atoms with Gasteiger partial charge in [0.2, 0.25) is 0 Å². The lowest BCUT2D eigenvalue weighted by atomic mass is 9.90. The van der Waals surface area contributed by atoms with E-state index in [9.17, 15) is 0 Å². The summed E-state index contributed by atoms with van der Waals surface area (Å²) in [6, 6.07) is 0. The van der Waals surface area contributed by atoms with Crippen molar-refractivity contribution in [3.63, 3.8) is 0 Å². The van der Waals surface area contributed by atoms with Gasteiger partial charge in [-0.05, 0) is 27.7 Å². The van der Waals surface area contributed by atoms with E-state index in [-0.39, 0.29) is 17.5 Å². The van der Waals surface area contributed by atoms with E-state index in [1.54, 1.807) is 10.9 Å². The van der Waals surface area contributed by atoms with E-state index in [0.29, 0.717) is 0 Å². The summed E-state index contributed by atoms with van der Waals surface area (Å²) in [5.41, 5.74) is 0.400. The van der Waals surface area contributed by atoms with Crippen LogP contribution in [0.25, 0.3) is 0 Å². The molecule has 0 radical (unpaired) electrons. The molecule has 0 aliphatic carbocycles. The number of aromatic nitrogens is 2. The molecule has 1 saturated heterocycles. The summed E-state index contributed by atoms with van der Waals surface area (Å²) >= 11 is 0. The predicted octanol–water partition coefficient (Wildman–Crippen LogP) is 2.02. The first-order valence-electron chi connectivity index (χ1n) is 5.16. The maximum Gasteiger partial charge on any atom is 0.188 e. The average molecular weight is 210 g/mol. The van der Waals surface area contributed by atoms with E-state index >= 15 is 0 Å². The molecule has 0 saturated carbocycles. The Labute approximate surface area is 90.2 Å². The monoisotopic (exact) mass is 210 g/mol. The molecule has 0 unspecified atom stereocenters. The maximum atomic E-state index is 5.89. The van der Waals surface area contributed by atoms with Crippen LogP contribution in [0, 0.1) is 0 Å². The summed E-state index contributed by atoms with van der Waals surface area (Å²) < 4.78 is 13.5. The Balaban J connectivity index is 2.23. The summed E-state index contributed by atoms with van der Waals surface area (Å²) in [5, 5.41) is 4.11. The molecule has 0 bridgehead atoms. The maximum absolute atomic E-state index is 5.89. The molecule has 0 N–H and O–H groups in total. The molecule has 2 rings (SSSR count). The third kappa shape index (κ3) is 1.68. The van der Waals surface area contributed by atoms with Crippen molar-refractivity contribution in [3.8, 4) is 0 Å². The standard InChI is InChI=1S/C11H18N2O2/c1-10(2)11(3,4)15-9(14-10)8-6-12-13(5)7-8/h6-7,9H,1-5H3. The molecule has 1 aromatic rings. The fourth-order valence-corrected chi connectivity index (χ4v) is 1.54. The summed E-state index contributed by atoms with van der Waals surface area (Å²) in [6.45, 7) is 8.18. The minimum atomic E-state index is -0.302. The van der Waals surface area contributed by atoms with E-state index < -0.39 is 0 Å². The highest BCUT2D eigenvalue weighted by Gasteiger charge is 2.49. The molecule has 1 fully saturated rings. The van der Waals surface area contributed by atoms with Gasteiger partial charge in [0.1, 0.15) is 0 Å². The number of ether oxygens (including phenoxy) is 2. The van der Waals surface area contributed by atoms with Gasteiger partial charge in [-0.15, -0.1) is 0 Å². The fourth-order valence-electron chi connectivity index (χ4n) is 1.54. The number of hydrogen-bond acceptors (Lipinski definition) is 3. The number of hydrogen-bond donors (Lipinski definition) is 0. The van der Waals surface area contributed by atoms with Crippen LogP contribution in [0.5, 0.6) is 0 Å². The second-order valence-electron chi connectivity index (χ2n) is 5.04. The SMILES string of the molecule is Cn1cc(C2OC(C)(C)C(C)(C)O2)cn1. The minimum Gasteiger partial charge on any atom is -0.339 e. The van der Waals surface area contributed by atoms with Crippen molar-refractivity contribution in [2.24, 2.45) is 7.05 Å². The van der Waals surface area contributed by atoms with Crippen LogP contribution >= 0.6 is 0 Å². The molecule has 15 heavy (non-hydrogen) atoms. The lowest BCUT2D eigenvalue weighted by molar-refractivity contribution is -0.0896. The van der Waals surface area contributed by atoms with E-state index in [1.807, 2.05) is 40.9 Å². The smallest absolute Gasteiger partial charge is 0.188 e. The molecule has 2 heterocycles. The van der Waals surface area contributed by atoms with Gasteiger partial charge < -0.3 is 9.47 Å². The van der Waals surface area contributed by atoms with Gasteiger partial charge >= 0.3 is 0 Å². The van der Waals surface area contributed by atoms with Gasteiger partial charge in [0.15, 0.2) is 6.29 Å². The van der Waals surface area contributed by atoms with Crippen LogP contribution < -0.4 is 0 Å². The minimum absolute atomic E-state index is 0.284. The highest BCUT2D eigenvalue weighted by Crippen LogP contribution is 2.44. The van der Waals surface area contributed by atoms with E-state index in [0.717, 1.165) is 5.56 Å². The highest BCUT2D eigenvalue weighted by molar-refractivity contribution is 5.10. The summed E-state index contributed by atoms with van der Waals surface area (Å²) in [7, 11) is 1.88. The van der Waals surface area contributed by atoms with Crippen molar-refractivity contribution in [1.82, 2.24) is 9.78 Å². The van der Waals surface area contributed by atoms with Gasteiger partial charge in [0.25, 0.3) is 0 Å². The molecule has 0 atom stereocenters. The number of nitrogens with zero attached hydrogens (tertiary/aromatic N) is 2. The first kappa shape index (κ1) is 10.6. The van der Waals surface area contributed by atoms with Crippen molar-refractivity contribution in [1.29, 1.82) is 0 Å². The molecular weight excluding hydrogens is 192 g/mol. The van der Waals surface area contributed by atoms with E-state index in [1.165, 1.54) is 0 Å². The third-order valence-corrected chi connectivity index (χ3v) is 3.25. The summed E-state index contributed by atoms with van der Waals surface area (Å²) in [6.07, 6.45) is 3.40. The molecule has 4 nitrogen and oxygen atoms in total. The molecule has 1 aromatic heterocycles. The topological polar surface area (TPSA) is 36.3 Å². The molecule has 1 aliphatic heterocycles. The Morgan fingerprint density at radius 1 is 1.20 bits per heavy atom. The van der Waals surface area contributed by atoms with Crippen LogP contribution in [0.1, 0.15) is 39.5 Å². The molecule has 84 valence electrons. The highest BCUT2D eigenvalue weighted by atomic mass is 16.7. The van der Waals surface area contributed by atoms with Gasteiger partial charge in [-0.3, -0.25) is 4.68 Å². The van der Waals surface area contributed by atoms with E-state index in [2.05, 4.69) is 5.10 Å². The van der Waals surface area contributed by atoms with Crippen LogP contribution in [0.4, 0.5) is 0 Å². The largest absolute Gasteiger partial charge is 0.339 e. The molecule has 4 heteroatoms. The first-order chi connectivity index (χ1) is 6.82. The van der Waals surface area contributed by atoms with Crippen molar-refractivity contribution in [2.75, 3.05) is 0 Å². The Kier molecular flexibility index (Phi) is 2.17. The van der Waals surface area contributed by atoms with E-state index in [4.69, 9.17) is 9.47 Å². The second-order valence-corrected chi connectivity index (χ2v) is 5.04. The Morgan fingerprint density at radius 3 is 2.13 bits per heavy atom. The van der Waals surface area contributed by atoms with Crippen molar-refractivity contribution in [2.45, 2.75) is 45.2 Å². The Morgan fingerprint density at radius 2 is 1.73 bits per heavy atom. The van der Waals surface area contributed by atoms with Crippen LogP contribution in [0.3, 0.4) is 0 Å². The second kappa shape index (κ2) is 3.06. The fraction of sp³-hybridized carbons (Fsp3) is 0.727. The summed E-state index contributed by atoms with van der Waals surface area (Å²) in [5.74, 6) is 0. The Bertz CT molecular complexity index is 352. The Hall–Kier alpha value is -0.870. The van der Waals surface area contributed by atoms with Gasteiger partial charge in [0.05, 0.1) is 17.4 Å². The lowest BCUT2D eigenvalue weighted by Crippen LogP contribution is -2.41. The zero-order chi connectivity index (χ0) is 11.3. The average Bonchev–Trinajstić information content (AvgIpc) is 2.56. The van der Waals surface area contributed by atoms with Gasteiger partial charge in [-0.2, -0.15) is 5.10 Å². The van der Waals surface area contributed by atoms with Crippen LogP contribution in [0.15, 0.2) is 12.4 Å². The molecule has 1 aliphatic rings. The third-order valence-electron chi connectivity index (χ3n) is 3.25. The number of aryl methyl sites for hydroxylation is 1. The predicted molar refractivity (Wildman–Crippen MR) is 56.3 cm³/mol. The quantitative estimate of drug-likeness (QED) is 0.711. The van der Waals surface area contributed by atoms with Crippen molar-refractivity contribution in [3.05, 3.63) is 18.0 Å². The molecule has 0 spiro atoms. The van der Waals surface area contributed by atoms with Gasteiger partial charge in [0, 0.05) is 18.8 Å². The number of rotatable bonds is 1. The van der Waals surface area contributed by atoms with Crippen LogP contribution in [-0.4, -0.2) is 21.0 Å². The van der Waals surface area contributed by atoms with Crippen LogP contribution in [0.2, 0.25) is 0 Å². The van der Waals surface area contributed by atoms with Crippen molar-refractivity contribution >= 4 is 0 Å². The zero-order valence-electron chi connectivity index (χ0n) is 9.94. The normalized spacial score (nSPS) is 24.6. The molecule has 0 amide bonds. The van der Waals surface area contributed by atoms with Gasteiger partial charge in [-0.25, -0.2) is 0 Å². The lowest BCUT2D eigenvalue weighted by Gasteiger charge is -2.30.